The van der Waals surface area contributed by atoms with Crippen molar-refractivity contribution < 1.29 is 19.4 Å². The first kappa shape index (κ1) is 20.3. The average molecular weight is 387 g/mol. The van der Waals surface area contributed by atoms with Crippen molar-refractivity contribution >= 4 is 11.8 Å². The van der Waals surface area contributed by atoms with Crippen LogP contribution in [0.1, 0.15) is 40.7 Å². The van der Waals surface area contributed by atoms with Crippen LogP contribution in [-0.2, 0) is 11.4 Å². The molecule has 0 heterocycles. The van der Waals surface area contributed by atoms with Crippen LogP contribution in [0.15, 0.2) is 84.9 Å². The number of carbonyl (C=O) groups excluding carboxylic acids is 2. The van der Waals surface area contributed by atoms with E-state index >= 15 is 0 Å². The second kappa shape index (κ2) is 9.69. The summed E-state index contributed by atoms with van der Waals surface area (Å²) in [5.74, 6) is -1.98. The van der Waals surface area contributed by atoms with Crippen molar-refractivity contribution in [2.45, 2.75) is 25.9 Å². The Morgan fingerprint density at radius 2 is 1.55 bits per heavy atom. The Kier molecular flexibility index (Phi) is 6.80. The largest absolute Gasteiger partial charge is 0.550 e. The van der Waals surface area contributed by atoms with Gasteiger partial charge in [-0.05, 0) is 35.6 Å². The van der Waals surface area contributed by atoms with Crippen molar-refractivity contribution in [1.82, 2.24) is 0 Å². The van der Waals surface area contributed by atoms with E-state index in [2.05, 4.69) is 0 Å². The summed E-state index contributed by atoms with van der Waals surface area (Å²) in [6.07, 6.45) is 0.181. The van der Waals surface area contributed by atoms with Gasteiger partial charge in [0.15, 0.2) is 5.78 Å². The number of hydrogen-bond donors (Lipinski definition) is 0. The molecule has 0 fully saturated rings. The van der Waals surface area contributed by atoms with E-state index in [9.17, 15) is 14.7 Å². The van der Waals surface area contributed by atoms with E-state index in [1.807, 2.05) is 60.7 Å². The van der Waals surface area contributed by atoms with Crippen LogP contribution in [-0.4, -0.2) is 11.8 Å². The molecule has 29 heavy (non-hydrogen) atoms. The third-order valence-electron chi connectivity index (χ3n) is 4.88. The smallest absolute Gasteiger partial charge is 0.170 e. The highest BCUT2D eigenvalue weighted by Crippen LogP contribution is 2.29. The molecular weight excluding hydrogens is 364 g/mol. The van der Waals surface area contributed by atoms with E-state index in [1.165, 1.54) is 0 Å². The van der Waals surface area contributed by atoms with Crippen LogP contribution in [0.4, 0.5) is 0 Å². The SMILES string of the molecule is CC(CC(C(=O)c1cccc(OCc2ccccc2)c1)c1ccccc1)C(=O)[O-]. The first-order chi connectivity index (χ1) is 14.0. The molecular formula is C25H23O4-. The molecule has 3 aromatic carbocycles. The second-order valence-electron chi connectivity index (χ2n) is 7.09. The van der Waals surface area contributed by atoms with E-state index in [0.29, 0.717) is 17.9 Å². The Balaban J connectivity index is 1.80. The molecule has 0 aromatic heterocycles. The summed E-state index contributed by atoms with van der Waals surface area (Å²) >= 11 is 0. The standard InChI is InChI=1S/C25H24O4/c1-18(25(27)28)15-23(20-11-6-3-7-12-20)24(26)21-13-8-14-22(16-21)29-17-19-9-4-2-5-10-19/h2-14,16,18,23H,15,17H2,1H3,(H,27,28)/p-1. The number of ketones is 1. The number of benzene rings is 3. The van der Waals surface area contributed by atoms with Crippen LogP contribution in [0, 0.1) is 5.92 Å². The molecule has 148 valence electrons. The highest BCUT2D eigenvalue weighted by atomic mass is 16.5. The maximum Gasteiger partial charge on any atom is 0.170 e. The van der Waals surface area contributed by atoms with Crippen LogP contribution < -0.4 is 9.84 Å². The van der Waals surface area contributed by atoms with E-state index in [4.69, 9.17) is 4.74 Å². The Morgan fingerprint density at radius 3 is 2.21 bits per heavy atom. The van der Waals surface area contributed by atoms with Crippen molar-refractivity contribution in [3.05, 3.63) is 102 Å². The second-order valence-corrected chi connectivity index (χ2v) is 7.09. The van der Waals surface area contributed by atoms with E-state index in [0.717, 1.165) is 11.1 Å². The first-order valence-corrected chi connectivity index (χ1v) is 9.61. The minimum absolute atomic E-state index is 0.130. The van der Waals surface area contributed by atoms with Gasteiger partial charge in [-0.25, -0.2) is 0 Å². The molecule has 0 radical (unpaired) electrons. The van der Waals surface area contributed by atoms with Gasteiger partial charge in [0, 0.05) is 17.5 Å². The lowest BCUT2D eigenvalue weighted by molar-refractivity contribution is -0.311. The third-order valence-corrected chi connectivity index (χ3v) is 4.88. The van der Waals surface area contributed by atoms with Crippen molar-refractivity contribution in [3.8, 4) is 5.75 Å². The summed E-state index contributed by atoms with van der Waals surface area (Å²) in [5, 5.41) is 11.3. The van der Waals surface area contributed by atoms with Crippen molar-refractivity contribution in [2.75, 3.05) is 0 Å². The fraction of sp³-hybridized carbons (Fsp3) is 0.200. The molecule has 0 aliphatic heterocycles. The number of Topliss-reactive ketones (excluding diaryl/α,β-unsaturated/α-hetero) is 1. The van der Waals surface area contributed by atoms with Gasteiger partial charge in [0.1, 0.15) is 12.4 Å². The van der Waals surface area contributed by atoms with Crippen molar-refractivity contribution in [2.24, 2.45) is 5.92 Å². The normalized spacial score (nSPS) is 12.7. The fourth-order valence-electron chi connectivity index (χ4n) is 3.21. The van der Waals surface area contributed by atoms with E-state index in [-0.39, 0.29) is 12.2 Å². The maximum absolute atomic E-state index is 13.3. The van der Waals surface area contributed by atoms with Gasteiger partial charge >= 0.3 is 0 Å². The molecule has 0 N–H and O–H groups in total. The van der Waals surface area contributed by atoms with Crippen LogP contribution in [0.3, 0.4) is 0 Å². The highest BCUT2D eigenvalue weighted by molar-refractivity contribution is 6.01. The summed E-state index contributed by atoms with van der Waals surface area (Å²) in [6.45, 7) is 1.97. The van der Waals surface area contributed by atoms with Crippen molar-refractivity contribution in [1.29, 1.82) is 0 Å². The Bertz CT molecular complexity index is 951. The highest BCUT2D eigenvalue weighted by Gasteiger charge is 2.25. The summed E-state index contributed by atoms with van der Waals surface area (Å²) in [7, 11) is 0. The monoisotopic (exact) mass is 387 g/mol. The quantitative estimate of drug-likeness (QED) is 0.521. The average Bonchev–Trinajstić information content (AvgIpc) is 2.77. The molecule has 0 saturated carbocycles. The number of hydrogen-bond acceptors (Lipinski definition) is 4. The number of rotatable bonds is 9. The van der Waals surface area contributed by atoms with Crippen LogP contribution in [0.25, 0.3) is 0 Å². The van der Waals surface area contributed by atoms with Gasteiger partial charge in [0.25, 0.3) is 0 Å². The van der Waals surface area contributed by atoms with Crippen LogP contribution in [0.2, 0.25) is 0 Å². The maximum atomic E-state index is 13.3. The predicted molar refractivity (Wildman–Crippen MR) is 110 cm³/mol. The molecule has 2 atom stereocenters. The van der Waals surface area contributed by atoms with Gasteiger partial charge in [-0.1, -0.05) is 79.7 Å². The topological polar surface area (TPSA) is 66.4 Å². The predicted octanol–water partition coefficient (Wildman–Crippen LogP) is 4.01. The number of ether oxygens (including phenoxy) is 1. The first-order valence-electron chi connectivity index (χ1n) is 9.61. The van der Waals surface area contributed by atoms with Crippen molar-refractivity contribution in [3.63, 3.8) is 0 Å². The molecule has 2 unspecified atom stereocenters. The minimum Gasteiger partial charge on any atom is -0.550 e. The molecule has 0 amide bonds. The zero-order chi connectivity index (χ0) is 20.6. The van der Waals surface area contributed by atoms with E-state index < -0.39 is 17.8 Å². The molecule has 0 bridgehead atoms. The molecule has 4 heteroatoms. The molecule has 0 aliphatic rings. The van der Waals surface area contributed by atoms with Gasteiger partial charge in [0.05, 0.1) is 0 Å². The summed E-state index contributed by atoms with van der Waals surface area (Å²) in [5.41, 5.74) is 2.32. The zero-order valence-corrected chi connectivity index (χ0v) is 16.3. The number of carboxylic acids is 1. The molecule has 0 aliphatic carbocycles. The Morgan fingerprint density at radius 1 is 0.897 bits per heavy atom. The fourth-order valence-corrected chi connectivity index (χ4v) is 3.21. The van der Waals surface area contributed by atoms with Gasteiger partial charge in [0.2, 0.25) is 0 Å². The lowest BCUT2D eigenvalue weighted by Crippen LogP contribution is -2.31. The number of aliphatic carboxylic acids is 1. The van der Waals surface area contributed by atoms with E-state index in [1.54, 1.807) is 31.2 Å². The summed E-state index contributed by atoms with van der Waals surface area (Å²) in [4.78, 5) is 24.5. The minimum atomic E-state index is -1.15. The lowest BCUT2D eigenvalue weighted by Gasteiger charge is -2.21. The molecule has 0 saturated heterocycles. The van der Waals surface area contributed by atoms with Crippen LogP contribution >= 0.6 is 0 Å². The third kappa shape index (κ3) is 5.55. The van der Waals surface area contributed by atoms with Gasteiger partial charge in [-0.15, -0.1) is 0 Å². The van der Waals surface area contributed by atoms with Gasteiger partial charge < -0.3 is 14.6 Å². The summed E-state index contributed by atoms with van der Waals surface area (Å²) < 4.78 is 5.83. The Labute approximate surface area is 170 Å². The molecule has 3 rings (SSSR count). The van der Waals surface area contributed by atoms with Gasteiger partial charge in [-0.3, -0.25) is 4.79 Å². The lowest BCUT2D eigenvalue weighted by atomic mass is 9.84. The van der Waals surface area contributed by atoms with Crippen LogP contribution in [0.5, 0.6) is 5.75 Å². The molecule has 3 aromatic rings. The molecule has 4 nitrogen and oxygen atoms in total. The molecule has 0 spiro atoms. The Hall–Kier alpha value is -3.40. The van der Waals surface area contributed by atoms with Gasteiger partial charge in [-0.2, -0.15) is 0 Å². The zero-order valence-electron chi connectivity index (χ0n) is 16.3. The summed E-state index contributed by atoms with van der Waals surface area (Å²) in [6, 6.07) is 26.1. The number of carbonyl (C=O) groups is 2. The number of carboxylic acid groups (broad SMARTS) is 1.